The largest absolute Gasteiger partial charge is 0.473 e. The first-order valence-electron chi connectivity index (χ1n) is 10.5. The Kier molecular flexibility index (Phi) is 16.4. The van der Waals surface area contributed by atoms with E-state index in [1.165, 1.54) is 44.9 Å². The topological polar surface area (TPSA) is 153 Å². The lowest BCUT2D eigenvalue weighted by atomic mass is 10.0. The number of carboxylic acids is 1. The fourth-order valence-electron chi connectivity index (χ4n) is 2.78. The van der Waals surface area contributed by atoms with Crippen molar-refractivity contribution in [3.05, 3.63) is 0 Å². The number of ketones is 1. The average Bonchev–Trinajstić information content (AvgIpc) is 2.70. The van der Waals surface area contributed by atoms with Crippen LogP contribution in [0.3, 0.4) is 0 Å². The van der Waals surface area contributed by atoms with Crippen LogP contribution in [0.5, 0.6) is 0 Å². The third-order valence-corrected chi connectivity index (χ3v) is 4.61. The molecule has 0 unspecified atom stereocenters. The third-order valence-electron chi connectivity index (χ3n) is 4.61. The summed E-state index contributed by atoms with van der Waals surface area (Å²) in [4.78, 5) is 32.9. The van der Waals surface area contributed by atoms with Gasteiger partial charge in [-0.3, -0.25) is 4.79 Å². The minimum absolute atomic E-state index is 0.169. The summed E-state index contributed by atoms with van der Waals surface area (Å²) in [7, 11) is 0. The standard InChI is InChI=1S/C20H37NO8/c1-2-3-4-5-6-7-8-9-10-11-12-21-13-15(22)17(24)18(25)16(23)14-29-20(28)19(26)27/h16-18,21,23-25H,2-14H2,1H3,(H,26,27)/t16-,17-,18+/m1/s1. The number of aliphatic hydroxyl groups excluding tert-OH is 3. The molecule has 0 saturated carbocycles. The van der Waals surface area contributed by atoms with Crippen LogP contribution in [-0.2, 0) is 19.1 Å². The highest BCUT2D eigenvalue weighted by Crippen LogP contribution is 2.10. The molecule has 0 aliphatic rings. The molecule has 0 amide bonds. The Morgan fingerprint density at radius 2 is 1.38 bits per heavy atom. The number of Topliss-reactive ketones (excluding diaryl/α,β-unsaturated/α-hetero) is 1. The second-order valence-electron chi connectivity index (χ2n) is 7.23. The average molecular weight is 420 g/mol. The number of carbonyl (C=O) groups excluding carboxylic acids is 2. The van der Waals surface area contributed by atoms with Gasteiger partial charge in [0, 0.05) is 0 Å². The summed E-state index contributed by atoms with van der Waals surface area (Å²) >= 11 is 0. The SMILES string of the molecule is CCCCCCCCCCCCNCC(=O)[C@@H](O)[C@@H](O)[C@H](O)COC(=O)C(=O)O. The van der Waals surface area contributed by atoms with E-state index in [0.29, 0.717) is 6.54 Å². The number of aliphatic hydroxyl groups is 3. The van der Waals surface area contributed by atoms with Crippen LogP contribution in [0.2, 0.25) is 0 Å². The second-order valence-corrected chi connectivity index (χ2v) is 7.23. The van der Waals surface area contributed by atoms with Gasteiger partial charge in [0.1, 0.15) is 24.9 Å². The van der Waals surface area contributed by atoms with E-state index < -0.39 is 42.6 Å². The third kappa shape index (κ3) is 14.1. The molecule has 0 fully saturated rings. The molecule has 9 nitrogen and oxygen atoms in total. The summed E-state index contributed by atoms with van der Waals surface area (Å²) in [5.41, 5.74) is 0. The molecule has 0 radical (unpaired) electrons. The van der Waals surface area contributed by atoms with Crippen molar-refractivity contribution in [2.24, 2.45) is 0 Å². The molecular formula is C20H37NO8. The van der Waals surface area contributed by atoms with Gasteiger partial charge in [0.2, 0.25) is 0 Å². The van der Waals surface area contributed by atoms with E-state index in [1.54, 1.807) is 0 Å². The van der Waals surface area contributed by atoms with Crippen LogP contribution in [0, 0.1) is 0 Å². The van der Waals surface area contributed by atoms with Crippen molar-refractivity contribution in [3.63, 3.8) is 0 Å². The van der Waals surface area contributed by atoms with E-state index in [0.717, 1.165) is 19.3 Å². The summed E-state index contributed by atoms with van der Waals surface area (Å²) in [5.74, 6) is -4.16. The van der Waals surface area contributed by atoms with Crippen molar-refractivity contribution in [3.8, 4) is 0 Å². The Labute approximate surface area is 172 Å². The normalized spacial score (nSPS) is 14.2. The fourth-order valence-corrected chi connectivity index (χ4v) is 2.78. The molecule has 29 heavy (non-hydrogen) atoms. The fraction of sp³-hybridized carbons (Fsp3) is 0.850. The number of ether oxygens (including phenoxy) is 1. The minimum atomic E-state index is -1.89. The molecule has 0 saturated heterocycles. The molecule has 0 aromatic heterocycles. The maximum atomic E-state index is 11.8. The highest BCUT2D eigenvalue weighted by molar-refractivity contribution is 6.28. The zero-order valence-electron chi connectivity index (χ0n) is 17.3. The zero-order valence-corrected chi connectivity index (χ0v) is 17.3. The first-order chi connectivity index (χ1) is 13.8. The van der Waals surface area contributed by atoms with Gasteiger partial charge in [0.05, 0.1) is 6.54 Å². The lowest BCUT2D eigenvalue weighted by Gasteiger charge is -2.21. The predicted octanol–water partition coefficient (Wildman–Crippen LogP) is 0.777. The number of carboxylic acid groups (broad SMARTS) is 1. The predicted molar refractivity (Wildman–Crippen MR) is 106 cm³/mol. The van der Waals surface area contributed by atoms with Crippen LogP contribution in [0.15, 0.2) is 0 Å². The summed E-state index contributed by atoms with van der Waals surface area (Å²) in [6.07, 6.45) is 6.51. The quantitative estimate of drug-likeness (QED) is 0.123. The molecule has 0 aliphatic carbocycles. The van der Waals surface area contributed by atoms with Gasteiger partial charge < -0.3 is 30.5 Å². The van der Waals surface area contributed by atoms with Gasteiger partial charge in [0.15, 0.2) is 5.78 Å². The van der Waals surface area contributed by atoms with Crippen molar-refractivity contribution < 1.29 is 39.5 Å². The molecule has 0 heterocycles. The molecule has 170 valence electrons. The maximum absolute atomic E-state index is 11.8. The molecule has 0 bridgehead atoms. The Bertz CT molecular complexity index is 471. The van der Waals surface area contributed by atoms with Crippen molar-refractivity contribution in [1.82, 2.24) is 5.32 Å². The summed E-state index contributed by atoms with van der Waals surface area (Å²) in [6, 6.07) is 0. The van der Waals surface area contributed by atoms with Gasteiger partial charge in [-0.05, 0) is 13.0 Å². The minimum Gasteiger partial charge on any atom is -0.473 e. The number of carbonyl (C=O) groups is 3. The molecule has 5 N–H and O–H groups in total. The lowest BCUT2D eigenvalue weighted by molar-refractivity contribution is -0.168. The highest BCUT2D eigenvalue weighted by Gasteiger charge is 2.31. The van der Waals surface area contributed by atoms with Crippen molar-refractivity contribution in [1.29, 1.82) is 0 Å². The maximum Gasteiger partial charge on any atom is 0.417 e. The molecule has 0 aliphatic heterocycles. The number of hydrogen-bond acceptors (Lipinski definition) is 8. The summed E-state index contributed by atoms with van der Waals surface area (Å²) in [5, 5.41) is 40.3. The second kappa shape index (κ2) is 17.3. The van der Waals surface area contributed by atoms with Crippen LogP contribution in [0.1, 0.15) is 71.1 Å². The van der Waals surface area contributed by atoms with Gasteiger partial charge in [-0.1, -0.05) is 64.7 Å². The molecule has 0 aromatic carbocycles. The summed E-state index contributed by atoms with van der Waals surface area (Å²) in [6.45, 7) is 1.79. The number of esters is 1. The van der Waals surface area contributed by atoms with E-state index in [4.69, 9.17) is 5.11 Å². The number of rotatable bonds is 18. The van der Waals surface area contributed by atoms with Gasteiger partial charge in [-0.2, -0.15) is 0 Å². The van der Waals surface area contributed by atoms with Crippen LogP contribution in [0.4, 0.5) is 0 Å². The van der Waals surface area contributed by atoms with Gasteiger partial charge in [-0.15, -0.1) is 0 Å². The molecule has 0 rings (SSSR count). The molecular weight excluding hydrogens is 382 g/mol. The monoisotopic (exact) mass is 419 g/mol. The van der Waals surface area contributed by atoms with E-state index in [1.807, 2.05) is 0 Å². The van der Waals surface area contributed by atoms with Crippen molar-refractivity contribution in [2.45, 2.75) is 89.4 Å². The first-order valence-corrected chi connectivity index (χ1v) is 10.5. The van der Waals surface area contributed by atoms with Gasteiger partial charge in [0.25, 0.3) is 0 Å². The number of hydrogen-bond donors (Lipinski definition) is 5. The zero-order chi connectivity index (χ0) is 22.1. The highest BCUT2D eigenvalue weighted by atomic mass is 16.6. The van der Waals surface area contributed by atoms with Gasteiger partial charge in [-0.25, -0.2) is 9.59 Å². The number of unbranched alkanes of at least 4 members (excludes halogenated alkanes) is 9. The Hall–Kier alpha value is -1.55. The van der Waals surface area contributed by atoms with Crippen LogP contribution < -0.4 is 5.32 Å². The Morgan fingerprint density at radius 3 is 1.90 bits per heavy atom. The van der Waals surface area contributed by atoms with E-state index >= 15 is 0 Å². The molecule has 9 heteroatoms. The number of aliphatic carboxylic acids is 1. The van der Waals surface area contributed by atoms with Gasteiger partial charge >= 0.3 is 11.9 Å². The van der Waals surface area contributed by atoms with Crippen LogP contribution >= 0.6 is 0 Å². The summed E-state index contributed by atoms with van der Waals surface area (Å²) < 4.78 is 4.21. The smallest absolute Gasteiger partial charge is 0.417 e. The molecule has 0 spiro atoms. The molecule has 0 aromatic rings. The Morgan fingerprint density at radius 1 is 0.862 bits per heavy atom. The van der Waals surface area contributed by atoms with Crippen LogP contribution in [0.25, 0.3) is 0 Å². The van der Waals surface area contributed by atoms with Crippen molar-refractivity contribution >= 4 is 17.7 Å². The van der Waals surface area contributed by atoms with Crippen molar-refractivity contribution in [2.75, 3.05) is 19.7 Å². The lowest BCUT2D eigenvalue weighted by Crippen LogP contribution is -2.47. The van der Waals surface area contributed by atoms with Crippen LogP contribution in [-0.4, -0.2) is 76.2 Å². The Balaban J connectivity index is 3.74. The van der Waals surface area contributed by atoms with E-state index in [-0.39, 0.29) is 6.54 Å². The van der Waals surface area contributed by atoms with E-state index in [2.05, 4.69) is 17.0 Å². The first kappa shape index (κ1) is 27.5. The van der Waals surface area contributed by atoms with E-state index in [9.17, 15) is 29.7 Å². The number of nitrogens with one attached hydrogen (secondary N) is 1. The molecule has 3 atom stereocenters.